The van der Waals surface area contributed by atoms with Gasteiger partial charge in [-0.15, -0.1) is 11.3 Å². The maximum absolute atomic E-state index is 8.84. The molecule has 0 amide bonds. The van der Waals surface area contributed by atoms with Crippen molar-refractivity contribution in [2.24, 2.45) is 0 Å². The zero-order valence-corrected chi connectivity index (χ0v) is 13.3. The van der Waals surface area contributed by atoms with Crippen molar-refractivity contribution < 1.29 is 9.47 Å². The molecule has 0 aliphatic carbocycles. The minimum atomic E-state index is 0.361. The van der Waals surface area contributed by atoms with Crippen LogP contribution in [-0.4, -0.2) is 12.1 Å². The van der Waals surface area contributed by atoms with Crippen LogP contribution in [-0.2, 0) is 24.4 Å². The van der Waals surface area contributed by atoms with Crippen LogP contribution in [0.2, 0.25) is 0 Å². The van der Waals surface area contributed by atoms with Gasteiger partial charge in [0.15, 0.2) is 0 Å². The van der Waals surface area contributed by atoms with Gasteiger partial charge < -0.3 is 9.47 Å². The second-order valence-electron chi connectivity index (χ2n) is 4.78. The van der Waals surface area contributed by atoms with Crippen molar-refractivity contribution in [3.63, 3.8) is 0 Å². The summed E-state index contributed by atoms with van der Waals surface area (Å²) in [5.74, 6) is 0.837. The van der Waals surface area contributed by atoms with E-state index in [1.54, 1.807) is 7.11 Å². The molecular weight excluding hydrogens is 284 g/mol. The summed E-state index contributed by atoms with van der Waals surface area (Å²) in [6, 6.07) is 8.19. The molecule has 0 aliphatic rings. The molecule has 2 rings (SSSR count). The van der Waals surface area contributed by atoms with E-state index in [4.69, 9.17) is 14.7 Å². The highest BCUT2D eigenvalue weighted by Crippen LogP contribution is 2.23. The number of thiazole rings is 1. The fraction of sp³-hybridized carbons (Fsp3) is 0.375. The number of benzene rings is 1. The van der Waals surface area contributed by atoms with Crippen LogP contribution in [0.1, 0.15) is 26.7 Å². The summed E-state index contributed by atoms with van der Waals surface area (Å²) in [5.41, 5.74) is 3.29. The normalized spacial score (nSPS) is 10.4. The van der Waals surface area contributed by atoms with E-state index in [1.165, 1.54) is 22.5 Å². The molecule has 4 nitrogen and oxygen atoms in total. The van der Waals surface area contributed by atoms with Crippen molar-refractivity contribution in [1.29, 1.82) is 5.26 Å². The molecule has 0 saturated carbocycles. The van der Waals surface area contributed by atoms with Crippen LogP contribution < -0.4 is 4.74 Å². The monoisotopic (exact) mass is 302 g/mol. The van der Waals surface area contributed by atoms with Gasteiger partial charge in [-0.1, -0.05) is 6.07 Å². The number of nitriles is 1. The predicted octanol–water partition coefficient (Wildman–Crippen LogP) is 3.55. The van der Waals surface area contributed by atoms with Crippen LogP contribution in [0.15, 0.2) is 18.2 Å². The van der Waals surface area contributed by atoms with Crippen LogP contribution in [0.5, 0.6) is 5.75 Å². The highest BCUT2D eigenvalue weighted by Gasteiger charge is 2.11. The molecule has 0 unspecified atom stereocenters. The molecule has 2 aromatic rings. The average molecular weight is 302 g/mol. The smallest absolute Gasteiger partial charge is 0.140 e. The van der Waals surface area contributed by atoms with Gasteiger partial charge in [0, 0.05) is 12.0 Å². The number of hydrogen-bond acceptors (Lipinski definition) is 5. The first-order valence-corrected chi connectivity index (χ1v) is 7.49. The van der Waals surface area contributed by atoms with E-state index in [0.29, 0.717) is 19.6 Å². The Morgan fingerprint density at radius 3 is 2.71 bits per heavy atom. The Morgan fingerprint density at radius 2 is 2.05 bits per heavy atom. The molecule has 0 atom stereocenters. The molecule has 21 heavy (non-hydrogen) atoms. The zero-order valence-electron chi connectivity index (χ0n) is 12.5. The molecule has 0 saturated heterocycles. The maximum Gasteiger partial charge on any atom is 0.140 e. The summed E-state index contributed by atoms with van der Waals surface area (Å²) in [6.45, 7) is 4.98. The van der Waals surface area contributed by atoms with Crippen molar-refractivity contribution in [3.05, 3.63) is 44.9 Å². The summed E-state index contributed by atoms with van der Waals surface area (Å²) in [4.78, 5) is 5.45. The molecule has 0 radical (unpaired) electrons. The van der Waals surface area contributed by atoms with E-state index in [1.807, 2.05) is 18.2 Å². The van der Waals surface area contributed by atoms with Crippen LogP contribution in [0.4, 0.5) is 0 Å². The number of aryl methyl sites for hydroxylation is 2. The SMILES string of the molecule is COCc1nc(COc2ccc(C)c(C)c2)sc1CC#N. The molecule has 0 aliphatic heterocycles. The van der Waals surface area contributed by atoms with Crippen molar-refractivity contribution in [1.82, 2.24) is 4.98 Å². The summed E-state index contributed by atoms with van der Waals surface area (Å²) in [6.07, 6.45) is 0.361. The van der Waals surface area contributed by atoms with Crippen molar-refractivity contribution in [2.75, 3.05) is 7.11 Å². The molecule has 5 heteroatoms. The van der Waals surface area contributed by atoms with Crippen molar-refractivity contribution >= 4 is 11.3 Å². The lowest BCUT2D eigenvalue weighted by atomic mass is 10.1. The Bertz CT molecular complexity index is 659. The minimum absolute atomic E-state index is 0.361. The molecular formula is C16H18N2O2S. The number of aromatic nitrogens is 1. The Balaban J connectivity index is 2.07. The van der Waals surface area contributed by atoms with Gasteiger partial charge in [0.25, 0.3) is 0 Å². The number of hydrogen-bond donors (Lipinski definition) is 0. The lowest BCUT2D eigenvalue weighted by molar-refractivity contribution is 0.181. The largest absolute Gasteiger partial charge is 0.486 e. The van der Waals surface area contributed by atoms with E-state index in [0.717, 1.165) is 21.3 Å². The van der Waals surface area contributed by atoms with Gasteiger partial charge >= 0.3 is 0 Å². The number of ether oxygens (including phenoxy) is 2. The summed E-state index contributed by atoms with van der Waals surface area (Å²) in [7, 11) is 1.63. The van der Waals surface area contributed by atoms with Crippen LogP contribution in [0.25, 0.3) is 0 Å². The average Bonchev–Trinajstić information content (AvgIpc) is 2.83. The molecule has 0 N–H and O–H groups in total. The molecule has 1 aromatic heterocycles. The van der Waals surface area contributed by atoms with Crippen molar-refractivity contribution in [3.8, 4) is 11.8 Å². The summed E-state index contributed by atoms with van der Waals surface area (Å²) >= 11 is 1.51. The standard InChI is InChI=1S/C16H18N2O2S/c1-11-4-5-13(8-12(11)2)20-10-16-18-14(9-19-3)15(21-16)6-7-17/h4-5,8H,6,9-10H2,1-3H3. The van der Waals surface area contributed by atoms with Crippen LogP contribution in [0.3, 0.4) is 0 Å². The molecule has 0 fully saturated rings. The van der Waals surface area contributed by atoms with Gasteiger partial charge in [-0.3, -0.25) is 0 Å². The third-order valence-electron chi connectivity index (χ3n) is 3.18. The van der Waals surface area contributed by atoms with E-state index in [2.05, 4.69) is 24.9 Å². The zero-order chi connectivity index (χ0) is 15.2. The third-order valence-corrected chi connectivity index (χ3v) is 4.26. The lowest BCUT2D eigenvalue weighted by Gasteiger charge is -2.06. The molecule has 1 aromatic carbocycles. The van der Waals surface area contributed by atoms with E-state index in [-0.39, 0.29) is 0 Å². The molecule has 0 bridgehead atoms. The van der Waals surface area contributed by atoms with Gasteiger partial charge in [-0.25, -0.2) is 4.98 Å². The highest BCUT2D eigenvalue weighted by molar-refractivity contribution is 7.11. The van der Waals surface area contributed by atoms with Gasteiger partial charge in [-0.2, -0.15) is 5.26 Å². The van der Waals surface area contributed by atoms with Gasteiger partial charge in [0.1, 0.15) is 17.4 Å². The third kappa shape index (κ3) is 4.03. The fourth-order valence-electron chi connectivity index (χ4n) is 1.91. The Morgan fingerprint density at radius 1 is 1.24 bits per heavy atom. The lowest BCUT2D eigenvalue weighted by Crippen LogP contribution is -1.97. The molecule has 0 spiro atoms. The van der Waals surface area contributed by atoms with Crippen LogP contribution >= 0.6 is 11.3 Å². The number of nitrogens with zero attached hydrogens (tertiary/aromatic N) is 2. The first-order chi connectivity index (χ1) is 10.1. The first kappa shape index (κ1) is 15.5. The molecule has 1 heterocycles. The number of rotatable bonds is 6. The van der Waals surface area contributed by atoms with Gasteiger partial charge in [-0.05, 0) is 37.1 Å². The van der Waals surface area contributed by atoms with Gasteiger partial charge in [0.2, 0.25) is 0 Å². The van der Waals surface area contributed by atoms with Crippen LogP contribution in [0, 0.1) is 25.2 Å². The maximum atomic E-state index is 8.84. The summed E-state index contributed by atoms with van der Waals surface area (Å²) < 4.78 is 10.9. The Kier molecular flexibility index (Phi) is 5.32. The Hall–Kier alpha value is -1.90. The summed E-state index contributed by atoms with van der Waals surface area (Å²) in [5, 5.41) is 9.71. The van der Waals surface area contributed by atoms with Crippen molar-refractivity contribution in [2.45, 2.75) is 33.5 Å². The second-order valence-corrected chi connectivity index (χ2v) is 5.95. The highest BCUT2D eigenvalue weighted by atomic mass is 32.1. The quantitative estimate of drug-likeness (QED) is 0.819. The van der Waals surface area contributed by atoms with E-state index in [9.17, 15) is 0 Å². The second kappa shape index (κ2) is 7.21. The Labute approximate surface area is 129 Å². The minimum Gasteiger partial charge on any atom is -0.486 e. The topological polar surface area (TPSA) is 55.1 Å². The first-order valence-electron chi connectivity index (χ1n) is 6.67. The predicted molar refractivity (Wildman–Crippen MR) is 82.4 cm³/mol. The molecule has 110 valence electrons. The van der Waals surface area contributed by atoms with Gasteiger partial charge in [0.05, 0.1) is 24.8 Å². The van der Waals surface area contributed by atoms with E-state index < -0.39 is 0 Å². The van der Waals surface area contributed by atoms with E-state index >= 15 is 0 Å². The number of methoxy groups -OCH3 is 1. The fourth-order valence-corrected chi connectivity index (χ4v) is 2.82.